The molecule has 2 aromatic carbocycles. The monoisotopic (exact) mass is 608 g/mol. The highest BCUT2D eigenvalue weighted by Crippen LogP contribution is 2.45. The van der Waals surface area contributed by atoms with Crippen molar-refractivity contribution in [2.24, 2.45) is 16.3 Å². The van der Waals surface area contributed by atoms with Gasteiger partial charge in [0, 0.05) is 19.7 Å². The summed E-state index contributed by atoms with van der Waals surface area (Å²) in [7, 11) is 0. The molecule has 6 heteroatoms. The minimum atomic E-state index is -0.0981. The molecule has 1 aliphatic rings. The van der Waals surface area contributed by atoms with Crippen molar-refractivity contribution in [2.45, 2.75) is 40.0 Å². The third-order valence-corrected chi connectivity index (χ3v) is 8.68. The number of para-hydroxylation sites is 1. The number of hydrogen-bond acceptors (Lipinski definition) is 4. The molecule has 4 aromatic rings. The van der Waals surface area contributed by atoms with Crippen molar-refractivity contribution < 1.29 is 9.21 Å². The highest BCUT2D eigenvalue weighted by Gasteiger charge is 2.33. The van der Waals surface area contributed by atoms with Gasteiger partial charge in [-0.05, 0) is 95.1 Å². The van der Waals surface area contributed by atoms with E-state index in [1.54, 1.807) is 17.6 Å². The number of carbonyl (C=O) groups excluding carboxylic acids is 1. The van der Waals surface area contributed by atoms with Crippen LogP contribution in [0.4, 0.5) is 10.7 Å². The molecule has 1 N–H and O–H groups in total. The van der Waals surface area contributed by atoms with Crippen molar-refractivity contribution >= 4 is 56.7 Å². The van der Waals surface area contributed by atoms with E-state index in [0.29, 0.717) is 17.2 Å². The van der Waals surface area contributed by atoms with Crippen molar-refractivity contribution in [3.05, 3.63) is 92.1 Å². The van der Waals surface area contributed by atoms with Gasteiger partial charge in [-0.2, -0.15) is 0 Å². The molecule has 0 aliphatic heterocycles. The van der Waals surface area contributed by atoms with Crippen LogP contribution in [-0.4, -0.2) is 12.1 Å². The Balaban J connectivity index is 1.46. The third-order valence-electron chi connectivity index (χ3n) is 6.79. The molecule has 5 rings (SSSR count). The largest absolute Gasteiger partial charge is 0.455 e. The van der Waals surface area contributed by atoms with Gasteiger partial charge in [-0.25, -0.2) is 4.99 Å². The van der Waals surface area contributed by atoms with Crippen molar-refractivity contribution in [3.63, 3.8) is 0 Å². The van der Waals surface area contributed by atoms with Gasteiger partial charge in [0.25, 0.3) is 5.91 Å². The zero-order valence-corrected chi connectivity index (χ0v) is 23.7. The minimum Gasteiger partial charge on any atom is -0.455 e. The molecule has 184 valence electrons. The maximum Gasteiger partial charge on any atom is 0.259 e. The Bertz CT molecular complexity index is 1400. The van der Waals surface area contributed by atoms with E-state index in [-0.39, 0.29) is 11.3 Å². The normalized spacial score (nSPS) is 15.7. The first-order valence-corrected chi connectivity index (χ1v) is 14.1. The predicted octanol–water partition coefficient (Wildman–Crippen LogP) is 8.77. The van der Waals surface area contributed by atoms with Crippen LogP contribution in [0.2, 0.25) is 0 Å². The first kappa shape index (κ1) is 25.0. The molecule has 0 radical (unpaired) electrons. The Morgan fingerprint density at radius 3 is 2.56 bits per heavy atom. The molecule has 0 unspecified atom stereocenters. The minimum absolute atomic E-state index is 0.0981. The standard InChI is InChI=1S/C30H29IN2O2S/c1-30(2,3)20-11-15-24-26(17-20)36-29(27(24)28(34)33-22-7-5-4-6-8-22)32-18-23-14-16-25(35-23)19-9-12-21(31)13-10-19/h4-10,12-14,16,18,20H,11,15,17H2,1-3H3,(H,33,34)/t20-/m0/s1. The topological polar surface area (TPSA) is 54.6 Å². The van der Waals surface area contributed by atoms with E-state index in [2.05, 4.69) is 60.8 Å². The zero-order valence-electron chi connectivity index (χ0n) is 20.7. The molecule has 0 saturated carbocycles. The van der Waals surface area contributed by atoms with Gasteiger partial charge in [-0.15, -0.1) is 11.3 Å². The number of fused-ring (bicyclic) bond motifs is 1. The molecule has 0 bridgehead atoms. The Hall–Kier alpha value is -2.71. The van der Waals surface area contributed by atoms with Crippen LogP contribution in [0, 0.1) is 14.9 Å². The highest BCUT2D eigenvalue weighted by molar-refractivity contribution is 14.1. The molecule has 2 aromatic heterocycles. The zero-order chi connectivity index (χ0) is 25.3. The van der Waals surface area contributed by atoms with E-state index < -0.39 is 0 Å². The fraction of sp³-hybridized carbons (Fsp3) is 0.267. The highest BCUT2D eigenvalue weighted by atomic mass is 127. The maximum absolute atomic E-state index is 13.5. The number of anilines is 1. The number of halogens is 1. The van der Waals surface area contributed by atoms with Gasteiger partial charge in [-0.1, -0.05) is 51.1 Å². The summed E-state index contributed by atoms with van der Waals surface area (Å²) in [4.78, 5) is 19.5. The lowest BCUT2D eigenvalue weighted by atomic mass is 9.72. The van der Waals surface area contributed by atoms with E-state index in [1.807, 2.05) is 54.6 Å². The van der Waals surface area contributed by atoms with Crippen molar-refractivity contribution in [1.82, 2.24) is 0 Å². The lowest BCUT2D eigenvalue weighted by molar-refractivity contribution is 0.102. The van der Waals surface area contributed by atoms with Crippen LogP contribution in [0.5, 0.6) is 0 Å². The molecule has 1 aliphatic carbocycles. The van der Waals surface area contributed by atoms with Gasteiger partial charge in [0.15, 0.2) is 0 Å². The van der Waals surface area contributed by atoms with Gasteiger partial charge < -0.3 is 9.73 Å². The van der Waals surface area contributed by atoms with Crippen molar-refractivity contribution in [3.8, 4) is 11.3 Å². The number of nitrogens with zero attached hydrogens (tertiary/aromatic N) is 1. The average Bonchev–Trinajstić information content (AvgIpc) is 3.47. The molecular weight excluding hydrogens is 579 g/mol. The third kappa shape index (κ3) is 5.49. The van der Waals surface area contributed by atoms with Gasteiger partial charge >= 0.3 is 0 Å². The Labute approximate surface area is 230 Å². The van der Waals surface area contributed by atoms with E-state index in [4.69, 9.17) is 9.41 Å². The fourth-order valence-corrected chi connectivity index (χ4v) is 6.29. The fourth-order valence-electron chi connectivity index (χ4n) is 4.66. The van der Waals surface area contributed by atoms with Crippen LogP contribution >= 0.6 is 33.9 Å². The molecule has 4 nitrogen and oxygen atoms in total. The van der Waals surface area contributed by atoms with Crippen molar-refractivity contribution in [1.29, 1.82) is 0 Å². The number of rotatable bonds is 5. The van der Waals surface area contributed by atoms with E-state index in [1.165, 1.54) is 8.45 Å². The van der Waals surface area contributed by atoms with Crippen LogP contribution in [0.1, 0.15) is 53.8 Å². The summed E-state index contributed by atoms with van der Waals surface area (Å²) in [6.07, 6.45) is 4.70. The predicted molar refractivity (Wildman–Crippen MR) is 158 cm³/mol. The number of nitrogens with one attached hydrogen (secondary N) is 1. The Kier molecular flexibility index (Phi) is 7.17. The van der Waals surface area contributed by atoms with Crippen molar-refractivity contribution in [2.75, 3.05) is 5.32 Å². The summed E-state index contributed by atoms with van der Waals surface area (Å²) in [6, 6.07) is 21.7. The first-order valence-electron chi connectivity index (χ1n) is 12.2. The second kappa shape index (κ2) is 10.3. The lowest BCUT2D eigenvalue weighted by Gasteiger charge is -2.33. The summed E-state index contributed by atoms with van der Waals surface area (Å²) < 4.78 is 7.23. The van der Waals surface area contributed by atoms with E-state index in [0.717, 1.165) is 46.8 Å². The second-order valence-corrected chi connectivity index (χ2v) is 12.6. The van der Waals surface area contributed by atoms with Gasteiger partial charge in [0.05, 0.1) is 11.8 Å². The van der Waals surface area contributed by atoms with Gasteiger partial charge in [-0.3, -0.25) is 4.79 Å². The number of thiophene rings is 1. The average molecular weight is 609 g/mol. The molecule has 1 atom stereocenters. The maximum atomic E-state index is 13.5. The van der Waals surface area contributed by atoms with Gasteiger partial charge in [0.1, 0.15) is 16.5 Å². The smallest absolute Gasteiger partial charge is 0.259 e. The Morgan fingerprint density at radius 2 is 1.83 bits per heavy atom. The molecule has 0 spiro atoms. The number of hydrogen-bond donors (Lipinski definition) is 1. The summed E-state index contributed by atoms with van der Waals surface area (Å²) in [5.74, 6) is 1.96. The number of amides is 1. The van der Waals surface area contributed by atoms with Crippen LogP contribution in [0.3, 0.4) is 0 Å². The van der Waals surface area contributed by atoms with Crippen LogP contribution in [-0.2, 0) is 12.8 Å². The van der Waals surface area contributed by atoms with E-state index in [9.17, 15) is 4.79 Å². The quantitative estimate of drug-likeness (QED) is 0.182. The summed E-state index contributed by atoms with van der Waals surface area (Å²) >= 11 is 3.94. The molecular formula is C30H29IN2O2S. The number of benzene rings is 2. The van der Waals surface area contributed by atoms with Crippen LogP contribution in [0.25, 0.3) is 11.3 Å². The number of furan rings is 1. The number of aliphatic imine (C=N–C) groups is 1. The lowest BCUT2D eigenvalue weighted by Crippen LogP contribution is -2.27. The van der Waals surface area contributed by atoms with Crippen LogP contribution < -0.4 is 5.32 Å². The number of carbonyl (C=O) groups is 1. The summed E-state index contributed by atoms with van der Waals surface area (Å²) in [5, 5.41) is 3.82. The molecule has 36 heavy (non-hydrogen) atoms. The second-order valence-electron chi connectivity index (χ2n) is 10.3. The van der Waals surface area contributed by atoms with Crippen LogP contribution in [0.15, 0.2) is 76.1 Å². The summed E-state index contributed by atoms with van der Waals surface area (Å²) in [6.45, 7) is 6.92. The van der Waals surface area contributed by atoms with E-state index >= 15 is 0 Å². The molecule has 1 amide bonds. The first-order chi connectivity index (χ1) is 17.3. The molecule has 0 saturated heterocycles. The SMILES string of the molecule is CC(C)(C)[C@H]1CCc2c(sc(N=Cc3ccc(-c4ccc(I)cc4)o3)c2C(=O)Nc2ccccc2)C1. The molecule has 0 fully saturated rings. The van der Waals surface area contributed by atoms with Gasteiger partial charge in [0.2, 0.25) is 0 Å². The molecule has 2 heterocycles. The Morgan fingerprint density at radius 1 is 1.08 bits per heavy atom. The summed E-state index contributed by atoms with van der Waals surface area (Å²) in [5.41, 5.74) is 3.90.